The maximum Gasteiger partial charge on any atom is 0.338 e. The van der Waals surface area contributed by atoms with Crippen molar-refractivity contribution in [3.05, 3.63) is 29.3 Å². The van der Waals surface area contributed by atoms with Crippen LogP contribution in [0.15, 0.2) is 18.2 Å². The third-order valence-electron chi connectivity index (χ3n) is 2.01. The van der Waals surface area contributed by atoms with Crippen molar-refractivity contribution in [1.29, 1.82) is 0 Å². The minimum Gasteiger partial charge on any atom is -0.462 e. The summed E-state index contributed by atoms with van der Waals surface area (Å²) < 4.78 is 4.90. The van der Waals surface area contributed by atoms with E-state index in [4.69, 9.17) is 4.74 Å². The number of hydrogen-bond acceptors (Lipinski definition) is 3. The summed E-state index contributed by atoms with van der Waals surface area (Å²) in [5.41, 5.74) is 2.67. The largest absolute Gasteiger partial charge is 0.462 e. The Balaban J connectivity index is 0.00000106. The number of ether oxygens (including phenoxy) is 1. The molecule has 1 rings (SSSR count). The van der Waals surface area contributed by atoms with Gasteiger partial charge in [-0.2, -0.15) is 0 Å². The summed E-state index contributed by atoms with van der Waals surface area (Å²) in [5, 5.41) is 3.04. The van der Waals surface area contributed by atoms with Crippen molar-refractivity contribution < 1.29 is 9.53 Å². The molecule has 0 saturated carbocycles. The van der Waals surface area contributed by atoms with Crippen LogP contribution < -0.4 is 5.32 Å². The van der Waals surface area contributed by atoms with E-state index in [2.05, 4.69) is 5.32 Å². The van der Waals surface area contributed by atoms with E-state index in [0.29, 0.717) is 12.2 Å². The number of aryl methyl sites for hydroxylation is 1. The fourth-order valence-electron chi connectivity index (χ4n) is 1.29. The van der Waals surface area contributed by atoms with Crippen LogP contribution in [0.25, 0.3) is 0 Å². The maximum absolute atomic E-state index is 11.4. The van der Waals surface area contributed by atoms with Crippen LogP contribution in [0.4, 0.5) is 5.69 Å². The number of esters is 1. The Morgan fingerprint density at radius 2 is 2.00 bits per heavy atom. The van der Waals surface area contributed by atoms with E-state index in [9.17, 15) is 4.79 Å². The molecule has 1 N–H and O–H groups in total. The second-order valence-corrected chi connectivity index (χ2v) is 3.00. The number of benzene rings is 1. The van der Waals surface area contributed by atoms with Gasteiger partial charge in [0.15, 0.2) is 0 Å². The van der Waals surface area contributed by atoms with Gasteiger partial charge >= 0.3 is 5.97 Å². The normalized spacial score (nSPS) is 8.81. The molecular formula is C13H21NO2. The first-order valence-electron chi connectivity index (χ1n) is 5.64. The number of rotatable bonds is 3. The summed E-state index contributed by atoms with van der Waals surface area (Å²) >= 11 is 0. The number of nitrogens with one attached hydrogen (secondary N) is 1. The van der Waals surface area contributed by atoms with Crippen LogP contribution >= 0.6 is 0 Å². The van der Waals surface area contributed by atoms with Crippen LogP contribution in [0.3, 0.4) is 0 Å². The van der Waals surface area contributed by atoms with Crippen molar-refractivity contribution in [2.45, 2.75) is 27.7 Å². The van der Waals surface area contributed by atoms with Gasteiger partial charge in [0.05, 0.1) is 12.2 Å². The summed E-state index contributed by atoms with van der Waals surface area (Å²) in [6, 6.07) is 5.46. The summed E-state index contributed by atoms with van der Waals surface area (Å²) in [6.45, 7) is 8.16. The molecule has 0 radical (unpaired) electrons. The fraction of sp³-hybridized carbons (Fsp3) is 0.462. The molecule has 16 heavy (non-hydrogen) atoms. The molecule has 0 aromatic heterocycles. The molecule has 0 spiro atoms. The number of anilines is 1. The molecule has 0 fully saturated rings. The fourth-order valence-corrected chi connectivity index (χ4v) is 1.29. The first-order chi connectivity index (χ1) is 7.69. The Kier molecular flexibility index (Phi) is 7.01. The van der Waals surface area contributed by atoms with E-state index >= 15 is 0 Å². The molecule has 0 atom stereocenters. The maximum atomic E-state index is 11.4. The van der Waals surface area contributed by atoms with Crippen LogP contribution in [0.2, 0.25) is 0 Å². The molecule has 0 amide bonds. The van der Waals surface area contributed by atoms with Crippen molar-refractivity contribution >= 4 is 11.7 Å². The zero-order chi connectivity index (χ0) is 12.6. The SMILES string of the molecule is CC.CCOC(=O)c1ccc(NC)c(C)c1. The van der Waals surface area contributed by atoms with Crippen molar-refractivity contribution in [3.63, 3.8) is 0 Å². The lowest BCUT2D eigenvalue weighted by Gasteiger charge is -2.07. The Labute approximate surface area is 97.8 Å². The molecule has 1 aromatic carbocycles. The van der Waals surface area contributed by atoms with E-state index in [-0.39, 0.29) is 5.97 Å². The lowest BCUT2D eigenvalue weighted by atomic mass is 10.1. The lowest BCUT2D eigenvalue weighted by Crippen LogP contribution is -2.05. The van der Waals surface area contributed by atoms with E-state index in [0.717, 1.165) is 11.3 Å². The van der Waals surface area contributed by atoms with Gasteiger partial charge in [-0.05, 0) is 37.6 Å². The summed E-state index contributed by atoms with van der Waals surface area (Å²) in [7, 11) is 1.85. The standard InChI is InChI=1S/C11H15NO2.C2H6/c1-4-14-11(13)9-5-6-10(12-3)8(2)7-9;1-2/h5-7,12H,4H2,1-3H3;1-2H3. The number of carbonyl (C=O) groups is 1. The monoisotopic (exact) mass is 223 g/mol. The van der Waals surface area contributed by atoms with Gasteiger partial charge in [-0.1, -0.05) is 13.8 Å². The van der Waals surface area contributed by atoms with E-state index in [1.165, 1.54) is 0 Å². The number of hydrogen-bond donors (Lipinski definition) is 1. The highest BCUT2D eigenvalue weighted by Gasteiger charge is 2.07. The molecule has 1 aromatic rings. The third kappa shape index (κ3) is 3.93. The van der Waals surface area contributed by atoms with Crippen LogP contribution in [-0.2, 0) is 4.74 Å². The van der Waals surface area contributed by atoms with Crippen LogP contribution in [0, 0.1) is 6.92 Å². The lowest BCUT2D eigenvalue weighted by molar-refractivity contribution is 0.0526. The average molecular weight is 223 g/mol. The molecule has 0 unspecified atom stereocenters. The van der Waals surface area contributed by atoms with Crippen molar-refractivity contribution in [2.24, 2.45) is 0 Å². The van der Waals surface area contributed by atoms with Gasteiger partial charge in [-0.3, -0.25) is 0 Å². The van der Waals surface area contributed by atoms with E-state index in [1.54, 1.807) is 13.0 Å². The van der Waals surface area contributed by atoms with Crippen molar-refractivity contribution in [2.75, 3.05) is 19.0 Å². The molecule has 0 aliphatic carbocycles. The Morgan fingerprint density at radius 1 is 1.38 bits per heavy atom. The first kappa shape index (κ1) is 14.5. The average Bonchev–Trinajstić information content (AvgIpc) is 2.32. The topological polar surface area (TPSA) is 38.3 Å². The smallest absolute Gasteiger partial charge is 0.338 e. The summed E-state index contributed by atoms with van der Waals surface area (Å²) in [6.07, 6.45) is 0. The van der Waals surface area contributed by atoms with Crippen LogP contribution in [-0.4, -0.2) is 19.6 Å². The van der Waals surface area contributed by atoms with Gasteiger partial charge < -0.3 is 10.1 Å². The minimum absolute atomic E-state index is 0.266. The van der Waals surface area contributed by atoms with E-state index < -0.39 is 0 Å². The molecule has 0 bridgehead atoms. The Hall–Kier alpha value is -1.51. The summed E-state index contributed by atoms with van der Waals surface area (Å²) in [4.78, 5) is 11.4. The van der Waals surface area contributed by atoms with Gasteiger partial charge in [0.25, 0.3) is 0 Å². The van der Waals surface area contributed by atoms with Crippen LogP contribution in [0.1, 0.15) is 36.7 Å². The highest BCUT2D eigenvalue weighted by Crippen LogP contribution is 2.16. The van der Waals surface area contributed by atoms with Crippen LogP contribution in [0.5, 0.6) is 0 Å². The minimum atomic E-state index is -0.266. The van der Waals surface area contributed by atoms with E-state index in [1.807, 2.05) is 40.0 Å². The molecule has 0 aliphatic heterocycles. The van der Waals surface area contributed by atoms with Gasteiger partial charge in [0.1, 0.15) is 0 Å². The predicted octanol–water partition coefficient (Wildman–Crippen LogP) is 3.24. The van der Waals surface area contributed by atoms with Crippen molar-refractivity contribution in [3.8, 4) is 0 Å². The van der Waals surface area contributed by atoms with Crippen molar-refractivity contribution in [1.82, 2.24) is 0 Å². The Bertz CT molecular complexity index is 335. The second-order valence-electron chi connectivity index (χ2n) is 3.00. The molecule has 90 valence electrons. The quantitative estimate of drug-likeness (QED) is 0.799. The van der Waals surface area contributed by atoms with Gasteiger partial charge in [-0.15, -0.1) is 0 Å². The zero-order valence-electron chi connectivity index (χ0n) is 10.8. The van der Waals surface area contributed by atoms with Gasteiger partial charge in [-0.25, -0.2) is 4.79 Å². The summed E-state index contributed by atoms with van der Waals surface area (Å²) in [5.74, 6) is -0.266. The molecule has 3 nitrogen and oxygen atoms in total. The molecule has 0 aliphatic rings. The number of carbonyl (C=O) groups excluding carboxylic acids is 1. The third-order valence-corrected chi connectivity index (χ3v) is 2.01. The van der Waals surface area contributed by atoms with Gasteiger partial charge in [0, 0.05) is 12.7 Å². The van der Waals surface area contributed by atoms with Gasteiger partial charge in [0.2, 0.25) is 0 Å². The molecule has 3 heteroatoms. The Morgan fingerprint density at radius 3 is 2.44 bits per heavy atom. The molecule has 0 saturated heterocycles. The second kappa shape index (κ2) is 7.74. The first-order valence-corrected chi connectivity index (χ1v) is 5.64. The predicted molar refractivity (Wildman–Crippen MR) is 68.0 cm³/mol. The molecular weight excluding hydrogens is 202 g/mol. The molecule has 0 heterocycles. The highest BCUT2D eigenvalue weighted by atomic mass is 16.5. The zero-order valence-corrected chi connectivity index (χ0v) is 10.8. The highest BCUT2D eigenvalue weighted by molar-refractivity contribution is 5.90.